The summed E-state index contributed by atoms with van der Waals surface area (Å²) in [7, 11) is 0. The molecule has 11 heteroatoms. The van der Waals surface area contributed by atoms with E-state index in [0.29, 0.717) is 11.1 Å². The van der Waals surface area contributed by atoms with E-state index in [1.807, 2.05) is 0 Å². The molecule has 1 saturated heterocycles. The fourth-order valence-corrected chi connectivity index (χ4v) is 3.71. The van der Waals surface area contributed by atoms with E-state index in [2.05, 4.69) is 5.32 Å². The zero-order valence-corrected chi connectivity index (χ0v) is 18.6. The van der Waals surface area contributed by atoms with E-state index in [1.165, 1.54) is 0 Å². The molecule has 1 aliphatic heterocycles. The van der Waals surface area contributed by atoms with Crippen LogP contribution in [0.4, 0.5) is 4.79 Å². The minimum atomic E-state index is -2.96. The Hall–Kier alpha value is -3.35. The molecule has 35 heavy (non-hydrogen) atoms. The van der Waals surface area contributed by atoms with E-state index in [0.717, 1.165) is 0 Å². The van der Waals surface area contributed by atoms with Crippen LogP contribution in [0.25, 0.3) is 0 Å². The van der Waals surface area contributed by atoms with Crippen LogP contribution in [-0.4, -0.2) is 79.6 Å². The highest BCUT2D eigenvalue weighted by atomic mass is 16.7. The molecule has 0 radical (unpaired) electrons. The van der Waals surface area contributed by atoms with Crippen LogP contribution in [0.2, 0.25) is 0 Å². The normalized spacial score (nSPS) is 25.8. The maximum atomic E-state index is 13.0. The summed E-state index contributed by atoms with van der Waals surface area (Å²) in [5, 5.41) is 53.2. The van der Waals surface area contributed by atoms with Gasteiger partial charge in [0.2, 0.25) is 0 Å². The molecule has 0 bridgehead atoms. The van der Waals surface area contributed by atoms with Gasteiger partial charge in [0.25, 0.3) is 5.79 Å². The van der Waals surface area contributed by atoms with Crippen LogP contribution in [-0.2, 0) is 32.1 Å². The van der Waals surface area contributed by atoms with Gasteiger partial charge in [-0.1, -0.05) is 60.7 Å². The van der Waals surface area contributed by atoms with Crippen molar-refractivity contribution in [3.05, 3.63) is 71.8 Å². The van der Waals surface area contributed by atoms with Crippen LogP contribution < -0.4 is 5.32 Å². The molecular weight excluding hydrogens is 462 g/mol. The number of ether oxygens (including phenoxy) is 2. The lowest BCUT2D eigenvalue weighted by atomic mass is 9.88. The molecule has 6 atom stereocenters. The van der Waals surface area contributed by atoms with E-state index in [4.69, 9.17) is 9.47 Å². The second-order valence-corrected chi connectivity index (χ2v) is 8.24. The van der Waals surface area contributed by atoms with Gasteiger partial charge in [-0.2, -0.15) is 0 Å². The number of ketones is 1. The van der Waals surface area contributed by atoms with E-state index in [1.54, 1.807) is 60.7 Å². The van der Waals surface area contributed by atoms with Gasteiger partial charge in [-0.25, -0.2) is 9.59 Å². The van der Waals surface area contributed by atoms with E-state index >= 15 is 0 Å². The number of carbonyl (C=O) groups excluding carboxylic acids is 2. The van der Waals surface area contributed by atoms with Crippen LogP contribution in [0.15, 0.2) is 60.7 Å². The number of carbonyl (C=O) groups is 3. The smallest absolute Gasteiger partial charge is 0.407 e. The van der Waals surface area contributed by atoms with Gasteiger partial charge >= 0.3 is 12.1 Å². The van der Waals surface area contributed by atoms with Crippen molar-refractivity contribution in [1.29, 1.82) is 0 Å². The Morgan fingerprint density at radius 2 is 1.60 bits per heavy atom. The first kappa shape index (κ1) is 26.3. The van der Waals surface area contributed by atoms with Crippen LogP contribution in [0.5, 0.6) is 0 Å². The molecule has 1 aliphatic rings. The number of carboxylic acid groups (broad SMARTS) is 1. The summed E-state index contributed by atoms with van der Waals surface area (Å²) in [6.07, 6.45) is -9.52. The predicted octanol–water partition coefficient (Wildman–Crippen LogP) is -0.262. The van der Waals surface area contributed by atoms with Crippen molar-refractivity contribution >= 4 is 17.8 Å². The van der Waals surface area contributed by atoms with Gasteiger partial charge in [-0.15, -0.1) is 0 Å². The number of aliphatic hydroxyl groups excluding tert-OH is 3. The summed E-state index contributed by atoms with van der Waals surface area (Å²) in [4.78, 5) is 36.9. The largest absolute Gasteiger partial charge is 0.477 e. The monoisotopic (exact) mass is 489 g/mol. The lowest BCUT2D eigenvalue weighted by molar-refractivity contribution is -0.273. The molecule has 0 saturated carbocycles. The number of Topliss-reactive ketones (excluding diaryl/α,β-unsaturated/α-hetero) is 1. The van der Waals surface area contributed by atoms with Gasteiger partial charge in [-0.3, -0.25) is 4.79 Å². The van der Waals surface area contributed by atoms with Crippen molar-refractivity contribution < 1.29 is 49.4 Å². The Balaban J connectivity index is 1.75. The maximum absolute atomic E-state index is 13.0. The third-order valence-electron chi connectivity index (χ3n) is 5.60. The highest BCUT2D eigenvalue weighted by Gasteiger charge is 2.54. The molecule has 1 fully saturated rings. The van der Waals surface area contributed by atoms with Crippen molar-refractivity contribution in [1.82, 2.24) is 5.32 Å². The third-order valence-corrected chi connectivity index (χ3v) is 5.60. The molecule has 188 valence electrons. The van der Waals surface area contributed by atoms with E-state index in [-0.39, 0.29) is 13.0 Å². The Morgan fingerprint density at radius 3 is 2.17 bits per heavy atom. The fraction of sp³-hybridized carbons (Fsp3) is 0.375. The first-order chi connectivity index (χ1) is 16.6. The SMILES string of the molecule is O=C(N[C@@H]1[C@@H](O)C[C@@](O)(C(=O)O)O[C@H]1C(=O)[C@H](O)C(O)Cc1ccccc1)OCc1ccccc1. The quantitative estimate of drug-likeness (QED) is 0.274. The number of aliphatic hydroxyl groups is 4. The number of alkyl carbamates (subject to hydrolysis) is 1. The van der Waals surface area contributed by atoms with Crippen molar-refractivity contribution in [3.8, 4) is 0 Å². The molecule has 1 unspecified atom stereocenters. The molecular formula is C24H27NO10. The molecule has 2 aromatic rings. The van der Waals surface area contributed by atoms with Gasteiger partial charge in [0.15, 0.2) is 5.78 Å². The number of hydrogen-bond acceptors (Lipinski definition) is 9. The summed E-state index contributed by atoms with van der Waals surface area (Å²) in [5.74, 6) is -6.07. The summed E-state index contributed by atoms with van der Waals surface area (Å²) < 4.78 is 10.1. The van der Waals surface area contributed by atoms with E-state index in [9.17, 15) is 39.9 Å². The average Bonchev–Trinajstić information content (AvgIpc) is 2.84. The van der Waals surface area contributed by atoms with Crippen molar-refractivity contribution in [2.75, 3.05) is 0 Å². The van der Waals surface area contributed by atoms with Gasteiger partial charge in [0.05, 0.1) is 18.2 Å². The highest BCUT2D eigenvalue weighted by Crippen LogP contribution is 2.29. The molecule has 1 amide bonds. The van der Waals surface area contributed by atoms with Crippen LogP contribution in [0.1, 0.15) is 17.5 Å². The second kappa shape index (κ2) is 11.4. The van der Waals surface area contributed by atoms with Gasteiger partial charge in [-0.05, 0) is 11.1 Å². The zero-order chi connectivity index (χ0) is 25.6. The topological polar surface area (TPSA) is 183 Å². The average molecular weight is 489 g/mol. The molecule has 2 aromatic carbocycles. The van der Waals surface area contributed by atoms with Crippen molar-refractivity contribution in [2.24, 2.45) is 0 Å². The Morgan fingerprint density at radius 1 is 1.03 bits per heavy atom. The Kier molecular flexibility index (Phi) is 8.54. The minimum Gasteiger partial charge on any atom is -0.477 e. The molecule has 6 N–H and O–H groups in total. The summed E-state index contributed by atoms with van der Waals surface area (Å²) in [6.45, 7) is -0.133. The molecule has 0 aromatic heterocycles. The second-order valence-electron chi connectivity index (χ2n) is 8.24. The Labute approximate surface area is 200 Å². The lowest BCUT2D eigenvalue weighted by Crippen LogP contribution is -2.66. The number of benzene rings is 2. The van der Waals surface area contributed by atoms with E-state index < -0.39 is 60.5 Å². The standard InChI is InChI=1S/C24H27NO10/c26-16(11-14-7-3-1-4-8-14)19(28)20(29)21-18(17(27)12-24(33,35-21)22(30)31)25-23(32)34-13-15-9-5-2-6-10-15/h1-10,16-19,21,26-28,33H,11-13H2,(H,25,32)(H,30,31)/t16?,17-,18+,19+,21+,24-/m0/s1. The van der Waals surface area contributed by atoms with Crippen molar-refractivity contribution in [2.45, 2.75) is 55.7 Å². The summed E-state index contributed by atoms with van der Waals surface area (Å²) in [6, 6.07) is 15.5. The van der Waals surface area contributed by atoms with Crippen LogP contribution >= 0.6 is 0 Å². The van der Waals surface area contributed by atoms with Crippen LogP contribution in [0, 0.1) is 0 Å². The van der Waals surface area contributed by atoms with Gasteiger partial charge in [0, 0.05) is 12.8 Å². The van der Waals surface area contributed by atoms with Crippen molar-refractivity contribution in [3.63, 3.8) is 0 Å². The lowest BCUT2D eigenvalue weighted by Gasteiger charge is -2.42. The first-order valence-corrected chi connectivity index (χ1v) is 10.8. The summed E-state index contributed by atoms with van der Waals surface area (Å²) in [5.41, 5.74) is 1.27. The third kappa shape index (κ3) is 6.62. The van der Waals surface area contributed by atoms with Gasteiger partial charge < -0.3 is 40.3 Å². The minimum absolute atomic E-state index is 0.122. The molecule has 0 aliphatic carbocycles. The number of aliphatic carboxylic acids is 1. The molecule has 3 rings (SSSR count). The van der Waals surface area contributed by atoms with Gasteiger partial charge in [0.1, 0.15) is 18.8 Å². The first-order valence-electron chi connectivity index (χ1n) is 10.8. The highest BCUT2D eigenvalue weighted by molar-refractivity contribution is 5.90. The number of rotatable bonds is 9. The molecule has 11 nitrogen and oxygen atoms in total. The van der Waals surface area contributed by atoms with Crippen LogP contribution in [0.3, 0.4) is 0 Å². The number of hydrogen-bond donors (Lipinski definition) is 6. The fourth-order valence-electron chi connectivity index (χ4n) is 3.71. The summed E-state index contributed by atoms with van der Waals surface area (Å²) >= 11 is 0. The molecule has 0 spiro atoms. The number of nitrogens with one attached hydrogen (secondary N) is 1. The Bertz CT molecular complexity index is 1020. The molecule has 1 heterocycles. The number of amides is 1. The zero-order valence-electron chi connectivity index (χ0n) is 18.6. The maximum Gasteiger partial charge on any atom is 0.407 e. The predicted molar refractivity (Wildman–Crippen MR) is 119 cm³/mol. The number of carboxylic acids is 1.